The van der Waals surface area contributed by atoms with Crippen molar-refractivity contribution in [1.82, 2.24) is 0 Å². The maximum absolute atomic E-state index is 13.3. The number of hydrogen-bond donors (Lipinski definition) is 1. The maximum Gasteiger partial charge on any atom is 0.282 e. The predicted molar refractivity (Wildman–Crippen MR) is 117 cm³/mol. The minimum Gasteiger partial charge on any atom is -0.497 e. The Morgan fingerprint density at radius 1 is 0.862 bits per heavy atom. The summed E-state index contributed by atoms with van der Waals surface area (Å²) in [4.78, 5) is 27.8. The lowest BCUT2D eigenvalue weighted by atomic mass is 10.0. The van der Waals surface area contributed by atoms with Crippen LogP contribution in [0.15, 0.2) is 89.0 Å². The average molecular weight is 449 g/mol. The van der Waals surface area contributed by atoms with Crippen LogP contribution in [0.1, 0.15) is 5.56 Å². The summed E-state index contributed by atoms with van der Waals surface area (Å²) in [5.41, 5.74) is 2.46. The third kappa shape index (κ3) is 3.67. The Morgan fingerprint density at radius 3 is 2.24 bits per heavy atom. The number of carbonyl (C=O) groups is 2. The van der Waals surface area contributed by atoms with Crippen molar-refractivity contribution in [3.05, 3.63) is 94.6 Å². The zero-order valence-corrected chi connectivity index (χ0v) is 17.1. The lowest BCUT2D eigenvalue weighted by Crippen LogP contribution is -2.32. The number of methoxy groups -OCH3 is 1. The predicted octanol–water partition coefficient (Wildman–Crippen LogP) is 4.85. The number of nitrogens with one attached hydrogen (secondary N) is 1. The molecule has 29 heavy (non-hydrogen) atoms. The van der Waals surface area contributed by atoms with E-state index in [9.17, 15) is 9.59 Å². The Bertz CT molecular complexity index is 1110. The fourth-order valence-electron chi connectivity index (χ4n) is 3.19. The van der Waals surface area contributed by atoms with Gasteiger partial charge in [-0.2, -0.15) is 0 Å². The van der Waals surface area contributed by atoms with Crippen molar-refractivity contribution in [2.75, 3.05) is 17.3 Å². The number of benzene rings is 3. The molecule has 3 aromatic rings. The summed E-state index contributed by atoms with van der Waals surface area (Å²) in [6.07, 6.45) is 0. The minimum absolute atomic E-state index is 0.242. The molecule has 0 fully saturated rings. The van der Waals surface area contributed by atoms with E-state index in [0.717, 1.165) is 4.47 Å². The van der Waals surface area contributed by atoms with E-state index in [4.69, 9.17) is 4.74 Å². The van der Waals surface area contributed by atoms with Crippen molar-refractivity contribution in [2.45, 2.75) is 0 Å². The number of amides is 2. The van der Waals surface area contributed by atoms with E-state index in [2.05, 4.69) is 21.2 Å². The Balaban J connectivity index is 1.79. The molecule has 1 aliphatic heterocycles. The molecule has 144 valence electrons. The van der Waals surface area contributed by atoms with Crippen LogP contribution in [0.3, 0.4) is 0 Å². The summed E-state index contributed by atoms with van der Waals surface area (Å²) in [6.45, 7) is 0. The van der Waals surface area contributed by atoms with Gasteiger partial charge in [0.15, 0.2) is 0 Å². The molecule has 1 heterocycles. The van der Waals surface area contributed by atoms with Crippen LogP contribution in [0.25, 0.3) is 5.57 Å². The first kappa shape index (κ1) is 19.0. The summed E-state index contributed by atoms with van der Waals surface area (Å²) < 4.78 is 5.97. The SMILES string of the molecule is COc1ccc(NC2=C(c3ccccc3)C(=O)N(c3cccc(Br)c3)C2=O)cc1. The number of anilines is 2. The summed E-state index contributed by atoms with van der Waals surface area (Å²) >= 11 is 3.40. The van der Waals surface area contributed by atoms with Crippen molar-refractivity contribution >= 4 is 44.7 Å². The molecule has 0 atom stereocenters. The van der Waals surface area contributed by atoms with Gasteiger partial charge in [-0.1, -0.05) is 52.3 Å². The molecule has 0 aliphatic carbocycles. The fourth-order valence-corrected chi connectivity index (χ4v) is 3.57. The van der Waals surface area contributed by atoms with Crippen LogP contribution in [0, 0.1) is 0 Å². The van der Waals surface area contributed by atoms with Gasteiger partial charge < -0.3 is 10.1 Å². The monoisotopic (exact) mass is 448 g/mol. The largest absolute Gasteiger partial charge is 0.497 e. The molecule has 0 bridgehead atoms. The lowest BCUT2D eigenvalue weighted by Gasteiger charge is -2.15. The molecule has 0 radical (unpaired) electrons. The Labute approximate surface area is 176 Å². The van der Waals surface area contributed by atoms with Gasteiger partial charge in [0, 0.05) is 10.2 Å². The first-order valence-electron chi connectivity index (χ1n) is 8.93. The summed E-state index contributed by atoms with van der Waals surface area (Å²) in [6, 6.07) is 23.5. The van der Waals surface area contributed by atoms with Crippen molar-refractivity contribution < 1.29 is 14.3 Å². The summed E-state index contributed by atoms with van der Waals surface area (Å²) in [5, 5.41) is 3.14. The highest BCUT2D eigenvalue weighted by Gasteiger charge is 2.40. The topological polar surface area (TPSA) is 58.6 Å². The highest BCUT2D eigenvalue weighted by Crippen LogP contribution is 2.34. The molecule has 3 aromatic carbocycles. The third-order valence-electron chi connectivity index (χ3n) is 4.57. The van der Waals surface area contributed by atoms with Gasteiger partial charge in [0.2, 0.25) is 0 Å². The lowest BCUT2D eigenvalue weighted by molar-refractivity contribution is -0.120. The zero-order chi connectivity index (χ0) is 20.4. The van der Waals surface area contributed by atoms with Crippen LogP contribution in [0.2, 0.25) is 0 Å². The molecule has 2 amide bonds. The third-order valence-corrected chi connectivity index (χ3v) is 5.07. The molecule has 0 spiro atoms. The van der Waals surface area contributed by atoms with Gasteiger partial charge in [-0.05, 0) is 48.0 Å². The second kappa shape index (κ2) is 7.93. The van der Waals surface area contributed by atoms with Gasteiger partial charge in [0.25, 0.3) is 11.8 Å². The highest BCUT2D eigenvalue weighted by atomic mass is 79.9. The van der Waals surface area contributed by atoms with Gasteiger partial charge >= 0.3 is 0 Å². The van der Waals surface area contributed by atoms with Crippen molar-refractivity contribution in [2.24, 2.45) is 0 Å². The molecule has 1 aliphatic rings. The smallest absolute Gasteiger partial charge is 0.282 e. The second-order valence-corrected chi connectivity index (χ2v) is 7.31. The number of halogens is 1. The minimum atomic E-state index is -0.400. The first-order valence-corrected chi connectivity index (χ1v) is 9.73. The fraction of sp³-hybridized carbons (Fsp3) is 0.0435. The Morgan fingerprint density at radius 2 is 1.59 bits per heavy atom. The Kier molecular flexibility index (Phi) is 5.18. The number of hydrogen-bond acceptors (Lipinski definition) is 4. The van der Waals surface area contributed by atoms with Crippen LogP contribution < -0.4 is 15.0 Å². The van der Waals surface area contributed by atoms with Gasteiger partial charge in [0.05, 0.1) is 18.4 Å². The number of ether oxygens (including phenoxy) is 1. The molecule has 0 saturated carbocycles. The average Bonchev–Trinajstić information content (AvgIpc) is 2.98. The standard InChI is InChI=1S/C23H17BrN2O3/c1-29-19-12-10-17(11-13-19)25-21-20(15-6-3-2-4-7-15)22(27)26(23(21)28)18-9-5-8-16(24)14-18/h2-14,25H,1H3. The van der Waals surface area contributed by atoms with Gasteiger partial charge in [-0.25, -0.2) is 4.90 Å². The molecular weight excluding hydrogens is 432 g/mol. The molecule has 0 aromatic heterocycles. The van der Waals surface area contributed by atoms with E-state index in [0.29, 0.717) is 28.3 Å². The summed E-state index contributed by atoms with van der Waals surface area (Å²) in [7, 11) is 1.59. The van der Waals surface area contributed by atoms with Gasteiger partial charge in [-0.3, -0.25) is 9.59 Å². The Hall–Kier alpha value is -3.38. The van der Waals surface area contributed by atoms with Crippen molar-refractivity contribution in [3.63, 3.8) is 0 Å². The van der Waals surface area contributed by atoms with E-state index in [1.165, 1.54) is 4.90 Å². The first-order chi connectivity index (χ1) is 14.1. The maximum atomic E-state index is 13.3. The van der Waals surface area contributed by atoms with E-state index in [1.807, 2.05) is 36.4 Å². The van der Waals surface area contributed by atoms with E-state index < -0.39 is 5.91 Å². The van der Waals surface area contributed by atoms with Crippen LogP contribution >= 0.6 is 15.9 Å². The van der Waals surface area contributed by atoms with Crippen LogP contribution in [-0.4, -0.2) is 18.9 Å². The van der Waals surface area contributed by atoms with Crippen LogP contribution in [0.5, 0.6) is 5.75 Å². The molecule has 0 saturated heterocycles. The molecule has 5 nitrogen and oxygen atoms in total. The van der Waals surface area contributed by atoms with Crippen molar-refractivity contribution in [1.29, 1.82) is 0 Å². The van der Waals surface area contributed by atoms with Crippen molar-refractivity contribution in [3.8, 4) is 5.75 Å². The zero-order valence-electron chi connectivity index (χ0n) is 15.6. The number of rotatable bonds is 5. The quantitative estimate of drug-likeness (QED) is 0.566. The second-order valence-electron chi connectivity index (χ2n) is 6.40. The van der Waals surface area contributed by atoms with Crippen LogP contribution in [0.4, 0.5) is 11.4 Å². The number of nitrogens with zero attached hydrogens (tertiary/aromatic N) is 1. The summed E-state index contributed by atoms with van der Waals surface area (Å²) in [5.74, 6) is -0.0597. The van der Waals surface area contributed by atoms with Crippen LogP contribution in [-0.2, 0) is 9.59 Å². The molecule has 6 heteroatoms. The molecule has 1 N–H and O–H groups in total. The normalized spacial score (nSPS) is 13.8. The van der Waals surface area contributed by atoms with E-state index in [1.54, 1.807) is 49.6 Å². The van der Waals surface area contributed by atoms with E-state index in [-0.39, 0.29) is 11.6 Å². The highest BCUT2D eigenvalue weighted by molar-refractivity contribution is 9.10. The molecular formula is C23H17BrN2O3. The molecule has 0 unspecified atom stereocenters. The number of imide groups is 1. The van der Waals surface area contributed by atoms with Gasteiger partial charge in [0.1, 0.15) is 11.4 Å². The number of carbonyl (C=O) groups excluding carboxylic acids is 2. The molecule has 4 rings (SSSR count). The van der Waals surface area contributed by atoms with Gasteiger partial charge in [-0.15, -0.1) is 0 Å². The van der Waals surface area contributed by atoms with E-state index >= 15 is 0 Å².